The summed E-state index contributed by atoms with van der Waals surface area (Å²) in [6.07, 6.45) is 8.64. The fourth-order valence-electron chi connectivity index (χ4n) is 2.57. The number of amides is 2. The van der Waals surface area contributed by atoms with Crippen LogP contribution in [0.5, 0.6) is 0 Å². The van der Waals surface area contributed by atoms with Crippen molar-refractivity contribution in [3.8, 4) is 0 Å². The summed E-state index contributed by atoms with van der Waals surface area (Å²) < 4.78 is 0. The van der Waals surface area contributed by atoms with E-state index in [1.54, 1.807) is 6.08 Å². The van der Waals surface area contributed by atoms with Crippen molar-refractivity contribution in [2.75, 3.05) is 26.2 Å². The molecule has 0 saturated carbocycles. The molecule has 1 unspecified atom stereocenters. The van der Waals surface area contributed by atoms with Gasteiger partial charge in [0.1, 0.15) is 6.04 Å². The highest BCUT2D eigenvalue weighted by molar-refractivity contribution is 5.92. The van der Waals surface area contributed by atoms with E-state index in [2.05, 4.69) is 15.5 Å². The largest absolute Gasteiger partial charge is 0.354 e. The molecule has 2 heterocycles. The first-order valence-electron chi connectivity index (χ1n) is 7.23. The van der Waals surface area contributed by atoms with Gasteiger partial charge >= 0.3 is 0 Å². The fourth-order valence-corrected chi connectivity index (χ4v) is 2.57. The monoisotopic (exact) mass is 265 g/mol. The summed E-state index contributed by atoms with van der Waals surface area (Å²) in [4.78, 5) is 25.7. The van der Waals surface area contributed by atoms with Crippen LogP contribution in [0.4, 0.5) is 0 Å². The van der Waals surface area contributed by atoms with Gasteiger partial charge in [-0.15, -0.1) is 0 Å². The maximum Gasteiger partial charge on any atom is 0.244 e. The van der Waals surface area contributed by atoms with Crippen molar-refractivity contribution in [2.45, 2.75) is 38.1 Å². The van der Waals surface area contributed by atoms with Crippen molar-refractivity contribution >= 4 is 11.8 Å². The Balaban J connectivity index is 1.73. The zero-order valence-corrected chi connectivity index (χ0v) is 11.4. The highest BCUT2D eigenvalue weighted by atomic mass is 16.2. The topological polar surface area (TPSA) is 61.4 Å². The van der Waals surface area contributed by atoms with Crippen molar-refractivity contribution in [3.05, 3.63) is 12.2 Å². The Labute approximate surface area is 114 Å². The molecule has 2 rings (SSSR count). The number of hydrogen-bond donors (Lipinski definition) is 2. The lowest BCUT2D eigenvalue weighted by Gasteiger charge is -2.14. The fraction of sp³-hybridized carbons (Fsp3) is 0.714. The molecule has 0 aliphatic carbocycles. The smallest absolute Gasteiger partial charge is 0.244 e. The quantitative estimate of drug-likeness (QED) is 0.724. The molecule has 0 aromatic rings. The maximum atomic E-state index is 11.7. The first-order chi connectivity index (χ1) is 9.25. The van der Waals surface area contributed by atoms with Gasteiger partial charge in [-0.05, 0) is 45.2 Å². The maximum absolute atomic E-state index is 11.7. The van der Waals surface area contributed by atoms with Gasteiger partial charge in [0.05, 0.1) is 0 Å². The van der Waals surface area contributed by atoms with Crippen molar-refractivity contribution in [2.24, 2.45) is 0 Å². The van der Waals surface area contributed by atoms with Crippen LogP contribution in [0.25, 0.3) is 0 Å². The first-order valence-corrected chi connectivity index (χ1v) is 7.23. The van der Waals surface area contributed by atoms with Gasteiger partial charge in [0.2, 0.25) is 11.8 Å². The van der Waals surface area contributed by atoms with E-state index < -0.39 is 0 Å². The molecule has 2 saturated heterocycles. The number of nitrogens with zero attached hydrogens (tertiary/aromatic N) is 1. The Morgan fingerprint density at radius 2 is 2.11 bits per heavy atom. The first kappa shape index (κ1) is 14.1. The lowest BCUT2D eigenvalue weighted by atomic mass is 10.1. The minimum absolute atomic E-state index is 0.0567. The molecule has 0 bridgehead atoms. The molecule has 2 fully saturated rings. The number of rotatable bonds is 4. The minimum atomic E-state index is -0.369. The molecule has 2 aliphatic rings. The lowest BCUT2D eigenvalue weighted by Crippen LogP contribution is -2.45. The zero-order valence-electron chi connectivity index (χ0n) is 11.4. The van der Waals surface area contributed by atoms with Crippen LogP contribution in [-0.4, -0.2) is 48.9 Å². The molecule has 19 heavy (non-hydrogen) atoms. The summed E-state index contributed by atoms with van der Waals surface area (Å²) >= 11 is 0. The molecular weight excluding hydrogens is 242 g/mol. The van der Waals surface area contributed by atoms with E-state index in [4.69, 9.17) is 0 Å². The van der Waals surface area contributed by atoms with Crippen LogP contribution in [0.15, 0.2) is 12.2 Å². The van der Waals surface area contributed by atoms with Gasteiger partial charge in [-0.1, -0.05) is 6.08 Å². The van der Waals surface area contributed by atoms with E-state index in [-0.39, 0.29) is 17.9 Å². The van der Waals surface area contributed by atoms with Crippen LogP contribution >= 0.6 is 0 Å². The molecule has 2 aliphatic heterocycles. The summed E-state index contributed by atoms with van der Waals surface area (Å²) in [6, 6.07) is -0.369. The van der Waals surface area contributed by atoms with Gasteiger partial charge in [-0.2, -0.15) is 0 Å². The van der Waals surface area contributed by atoms with E-state index in [0.29, 0.717) is 0 Å². The summed E-state index contributed by atoms with van der Waals surface area (Å²) in [5, 5.41) is 5.59. The molecule has 2 amide bonds. The van der Waals surface area contributed by atoms with E-state index in [0.717, 1.165) is 45.4 Å². The molecule has 0 aromatic heterocycles. The Morgan fingerprint density at radius 1 is 1.32 bits per heavy atom. The average Bonchev–Trinajstić information content (AvgIpc) is 2.82. The van der Waals surface area contributed by atoms with Crippen molar-refractivity contribution < 1.29 is 9.59 Å². The molecule has 0 spiro atoms. The number of hydrogen-bond acceptors (Lipinski definition) is 3. The predicted octanol–water partition coefficient (Wildman–Crippen LogP) is 0.423. The highest BCUT2D eigenvalue weighted by Gasteiger charge is 2.21. The molecule has 0 aromatic carbocycles. The van der Waals surface area contributed by atoms with Gasteiger partial charge in [-0.25, -0.2) is 0 Å². The van der Waals surface area contributed by atoms with Crippen LogP contribution in [-0.2, 0) is 9.59 Å². The van der Waals surface area contributed by atoms with Crippen molar-refractivity contribution in [1.82, 2.24) is 15.5 Å². The zero-order chi connectivity index (χ0) is 13.5. The van der Waals surface area contributed by atoms with Crippen LogP contribution in [0, 0.1) is 0 Å². The SMILES string of the molecule is O=C(/C=C/CN1CCCC1)NC1CCCCNC1=O. The molecule has 1 atom stereocenters. The van der Waals surface area contributed by atoms with E-state index in [1.807, 2.05) is 6.08 Å². The van der Waals surface area contributed by atoms with Crippen LogP contribution in [0.1, 0.15) is 32.1 Å². The van der Waals surface area contributed by atoms with Gasteiger partial charge in [0.15, 0.2) is 0 Å². The molecule has 5 nitrogen and oxygen atoms in total. The van der Waals surface area contributed by atoms with Crippen molar-refractivity contribution in [3.63, 3.8) is 0 Å². The summed E-state index contributed by atoms with van der Waals surface area (Å²) in [6.45, 7) is 3.79. The standard InChI is InChI=1S/C14H23N3O2/c18-13(7-5-11-17-9-3-4-10-17)16-12-6-1-2-8-15-14(12)19/h5,7,12H,1-4,6,8-11H2,(H,15,19)(H,16,18)/b7-5+. The van der Waals surface area contributed by atoms with Crippen LogP contribution < -0.4 is 10.6 Å². The van der Waals surface area contributed by atoms with E-state index in [1.165, 1.54) is 12.8 Å². The Hall–Kier alpha value is -1.36. The third kappa shape index (κ3) is 4.67. The molecule has 2 N–H and O–H groups in total. The van der Waals surface area contributed by atoms with Gasteiger partial charge in [0, 0.05) is 19.2 Å². The average molecular weight is 265 g/mol. The van der Waals surface area contributed by atoms with Crippen LogP contribution in [0.3, 0.4) is 0 Å². The molecule has 0 radical (unpaired) electrons. The van der Waals surface area contributed by atoms with Gasteiger partial charge in [0.25, 0.3) is 0 Å². The molecule has 106 valence electrons. The molecular formula is C14H23N3O2. The number of carbonyl (C=O) groups excluding carboxylic acids is 2. The Bertz CT molecular complexity index is 349. The number of carbonyl (C=O) groups is 2. The second-order valence-corrected chi connectivity index (χ2v) is 5.26. The second kappa shape index (κ2) is 7.28. The predicted molar refractivity (Wildman–Crippen MR) is 73.6 cm³/mol. The van der Waals surface area contributed by atoms with Crippen LogP contribution in [0.2, 0.25) is 0 Å². The Kier molecular flexibility index (Phi) is 5.39. The number of likely N-dealkylation sites (tertiary alicyclic amines) is 1. The van der Waals surface area contributed by atoms with E-state index in [9.17, 15) is 9.59 Å². The number of nitrogens with one attached hydrogen (secondary N) is 2. The van der Waals surface area contributed by atoms with Crippen molar-refractivity contribution in [1.29, 1.82) is 0 Å². The Morgan fingerprint density at radius 3 is 2.89 bits per heavy atom. The van der Waals surface area contributed by atoms with Gasteiger partial charge < -0.3 is 10.6 Å². The second-order valence-electron chi connectivity index (χ2n) is 5.26. The molecule has 5 heteroatoms. The summed E-state index contributed by atoms with van der Waals surface area (Å²) in [7, 11) is 0. The van der Waals surface area contributed by atoms with Gasteiger partial charge in [-0.3, -0.25) is 14.5 Å². The lowest BCUT2D eigenvalue weighted by molar-refractivity contribution is -0.126. The minimum Gasteiger partial charge on any atom is -0.354 e. The summed E-state index contributed by atoms with van der Waals surface area (Å²) in [5.74, 6) is -0.222. The van der Waals surface area contributed by atoms with E-state index >= 15 is 0 Å². The third-order valence-corrected chi connectivity index (χ3v) is 3.68. The summed E-state index contributed by atoms with van der Waals surface area (Å²) in [5.41, 5.74) is 0. The highest BCUT2D eigenvalue weighted by Crippen LogP contribution is 2.07. The third-order valence-electron chi connectivity index (χ3n) is 3.68. The normalized spacial score (nSPS) is 25.3.